The van der Waals surface area contributed by atoms with Gasteiger partial charge in [-0.2, -0.15) is 0 Å². The average Bonchev–Trinajstić information content (AvgIpc) is 3.25. The van der Waals surface area contributed by atoms with E-state index in [0.29, 0.717) is 0 Å². The summed E-state index contributed by atoms with van der Waals surface area (Å²) in [5.41, 5.74) is 9.87. The van der Waals surface area contributed by atoms with E-state index in [1.807, 2.05) is 6.07 Å². The fraction of sp³-hybridized carbons (Fsp3) is 0.500. The van der Waals surface area contributed by atoms with Gasteiger partial charge in [0.15, 0.2) is 0 Å². The van der Waals surface area contributed by atoms with Crippen LogP contribution in [0.3, 0.4) is 0 Å². The van der Waals surface area contributed by atoms with E-state index >= 15 is 0 Å². The van der Waals surface area contributed by atoms with Crippen molar-refractivity contribution in [1.82, 2.24) is 20.3 Å². The molecule has 142 valence electrons. The standard InChI is InChI=1S/C20H26N6O/c1-20(5-6-20)27-14-3-4-16-15(11-14)19(24-23-16)17-12-18(22-13-21-17)26-9-7-25(2)8-10-26/h3-4,11-13,19,23-24H,5-10H2,1-2H3/t19-/m1/s1. The van der Waals surface area contributed by atoms with E-state index in [1.54, 1.807) is 6.33 Å². The second-order valence-corrected chi connectivity index (χ2v) is 8.09. The highest BCUT2D eigenvalue weighted by Crippen LogP contribution is 2.42. The maximum absolute atomic E-state index is 6.15. The molecule has 3 heterocycles. The molecule has 2 aromatic rings. The zero-order valence-electron chi connectivity index (χ0n) is 15.9. The van der Waals surface area contributed by atoms with Gasteiger partial charge in [0.1, 0.15) is 23.5 Å². The lowest BCUT2D eigenvalue weighted by molar-refractivity contribution is 0.200. The van der Waals surface area contributed by atoms with Crippen molar-refractivity contribution < 1.29 is 4.74 Å². The van der Waals surface area contributed by atoms with Gasteiger partial charge in [0.2, 0.25) is 0 Å². The zero-order chi connectivity index (χ0) is 18.4. The molecule has 0 radical (unpaired) electrons. The number of fused-ring (bicyclic) bond motifs is 1. The van der Waals surface area contributed by atoms with E-state index in [4.69, 9.17) is 4.74 Å². The van der Waals surface area contributed by atoms with Crippen LogP contribution in [0.5, 0.6) is 5.75 Å². The topological polar surface area (TPSA) is 65.5 Å². The van der Waals surface area contributed by atoms with Crippen LogP contribution in [-0.2, 0) is 0 Å². The number of piperazine rings is 1. The van der Waals surface area contributed by atoms with Crippen molar-refractivity contribution in [2.75, 3.05) is 43.6 Å². The first-order valence-electron chi connectivity index (χ1n) is 9.70. The summed E-state index contributed by atoms with van der Waals surface area (Å²) in [4.78, 5) is 13.8. The summed E-state index contributed by atoms with van der Waals surface area (Å²) in [7, 11) is 2.16. The molecule has 1 aliphatic carbocycles. The molecule has 7 heteroatoms. The lowest BCUT2D eigenvalue weighted by Crippen LogP contribution is -2.44. The summed E-state index contributed by atoms with van der Waals surface area (Å²) in [6, 6.07) is 8.34. The summed E-state index contributed by atoms with van der Waals surface area (Å²) in [5.74, 6) is 1.93. The molecule has 0 spiro atoms. The number of likely N-dealkylation sites (N-methyl/N-ethyl adjacent to an activating group) is 1. The lowest BCUT2D eigenvalue weighted by atomic mass is 10.0. The van der Waals surface area contributed by atoms with E-state index in [9.17, 15) is 0 Å². The quantitative estimate of drug-likeness (QED) is 0.860. The molecule has 1 aromatic carbocycles. The molecule has 2 aliphatic heterocycles. The fourth-order valence-electron chi connectivity index (χ4n) is 3.71. The van der Waals surface area contributed by atoms with Gasteiger partial charge in [-0.1, -0.05) is 0 Å². The molecule has 27 heavy (non-hydrogen) atoms. The molecule has 0 unspecified atom stereocenters. The third-order valence-electron chi connectivity index (χ3n) is 5.80. The number of anilines is 2. The summed E-state index contributed by atoms with van der Waals surface area (Å²) in [6.07, 6.45) is 3.93. The van der Waals surface area contributed by atoms with E-state index < -0.39 is 0 Å². The van der Waals surface area contributed by atoms with E-state index in [-0.39, 0.29) is 11.6 Å². The Bertz CT molecular complexity index is 844. The van der Waals surface area contributed by atoms with Gasteiger partial charge in [0.25, 0.3) is 0 Å². The second-order valence-electron chi connectivity index (χ2n) is 8.09. The number of hydrazine groups is 1. The number of hydrogen-bond donors (Lipinski definition) is 2. The SMILES string of the molecule is CN1CCN(c2cc([C@@H]3NNc4ccc(OC5(C)CC5)cc43)ncn2)CC1. The Balaban J connectivity index is 1.40. The molecule has 1 saturated carbocycles. The fourth-order valence-corrected chi connectivity index (χ4v) is 3.71. The first-order valence-corrected chi connectivity index (χ1v) is 9.70. The number of nitrogens with one attached hydrogen (secondary N) is 2. The van der Waals surface area contributed by atoms with Crippen LogP contribution in [0.15, 0.2) is 30.6 Å². The third kappa shape index (κ3) is 3.33. The Morgan fingerprint density at radius 1 is 1.11 bits per heavy atom. The molecule has 0 bridgehead atoms. The van der Waals surface area contributed by atoms with Crippen molar-refractivity contribution in [1.29, 1.82) is 0 Å². The van der Waals surface area contributed by atoms with Crippen LogP contribution in [0, 0.1) is 0 Å². The largest absolute Gasteiger partial charge is 0.488 e. The molecule has 7 nitrogen and oxygen atoms in total. The summed E-state index contributed by atoms with van der Waals surface area (Å²) in [5, 5.41) is 0. The molecule has 5 rings (SSSR count). The van der Waals surface area contributed by atoms with Gasteiger partial charge in [-0.3, -0.25) is 0 Å². The maximum atomic E-state index is 6.15. The van der Waals surface area contributed by atoms with Crippen LogP contribution in [0.2, 0.25) is 0 Å². The van der Waals surface area contributed by atoms with Crippen molar-refractivity contribution in [2.45, 2.75) is 31.4 Å². The number of hydrogen-bond acceptors (Lipinski definition) is 7. The van der Waals surface area contributed by atoms with Crippen LogP contribution in [0.4, 0.5) is 11.5 Å². The van der Waals surface area contributed by atoms with Gasteiger partial charge in [-0.05, 0) is 45.0 Å². The summed E-state index contributed by atoms with van der Waals surface area (Å²) >= 11 is 0. The first-order chi connectivity index (χ1) is 13.1. The lowest BCUT2D eigenvalue weighted by Gasteiger charge is -2.33. The van der Waals surface area contributed by atoms with Gasteiger partial charge in [0.05, 0.1) is 17.4 Å². The average molecular weight is 366 g/mol. The van der Waals surface area contributed by atoms with Crippen molar-refractivity contribution >= 4 is 11.5 Å². The minimum absolute atomic E-state index is 0.00947. The molecule has 2 fully saturated rings. The van der Waals surface area contributed by atoms with Crippen molar-refractivity contribution in [2.24, 2.45) is 0 Å². The summed E-state index contributed by atoms with van der Waals surface area (Å²) < 4.78 is 6.15. The Hall–Kier alpha value is -2.38. The highest BCUT2D eigenvalue weighted by Gasteiger charge is 2.40. The van der Waals surface area contributed by atoms with Gasteiger partial charge in [-0.15, -0.1) is 0 Å². The monoisotopic (exact) mass is 366 g/mol. The van der Waals surface area contributed by atoms with E-state index in [1.165, 1.54) is 5.56 Å². The van der Waals surface area contributed by atoms with E-state index in [2.05, 4.69) is 62.8 Å². The van der Waals surface area contributed by atoms with Crippen LogP contribution >= 0.6 is 0 Å². The number of nitrogens with zero attached hydrogens (tertiary/aromatic N) is 4. The molecule has 0 amide bonds. The Kier molecular flexibility index (Phi) is 3.94. The molecular formula is C20H26N6O. The van der Waals surface area contributed by atoms with Crippen molar-refractivity contribution in [3.05, 3.63) is 41.9 Å². The highest BCUT2D eigenvalue weighted by molar-refractivity contribution is 5.61. The second kappa shape index (κ2) is 6.35. The minimum atomic E-state index is -0.00947. The number of ether oxygens (including phenoxy) is 1. The number of aromatic nitrogens is 2. The third-order valence-corrected chi connectivity index (χ3v) is 5.80. The van der Waals surface area contributed by atoms with Gasteiger partial charge < -0.3 is 20.0 Å². The van der Waals surface area contributed by atoms with Gasteiger partial charge >= 0.3 is 0 Å². The van der Waals surface area contributed by atoms with E-state index in [0.717, 1.165) is 62.0 Å². The molecule has 2 N–H and O–H groups in total. The first kappa shape index (κ1) is 16.8. The number of rotatable bonds is 4. The minimum Gasteiger partial charge on any atom is -0.488 e. The van der Waals surface area contributed by atoms with Gasteiger partial charge in [0, 0.05) is 37.8 Å². The predicted molar refractivity (Wildman–Crippen MR) is 105 cm³/mol. The van der Waals surface area contributed by atoms with Crippen LogP contribution in [-0.4, -0.2) is 53.7 Å². The molecule has 3 aliphatic rings. The van der Waals surface area contributed by atoms with Crippen molar-refractivity contribution in [3.8, 4) is 5.75 Å². The van der Waals surface area contributed by atoms with Crippen LogP contribution < -0.4 is 20.5 Å². The van der Waals surface area contributed by atoms with Crippen molar-refractivity contribution in [3.63, 3.8) is 0 Å². The number of benzene rings is 1. The Morgan fingerprint density at radius 3 is 2.70 bits per heavy atom. The predicted octanol–water partition coefficient (Wildman–Crippen LogP) is 2.18. The molecular weight excluding hydrogens is 340 g/mol. The maximum Gasteiger partial charge on any atom is 0.132 e. The molecule has 1 atom stereocenters. The highest BCUT2D eigenvalue weighted by atomic mass is 16.5. The Morgan fingerprint density at radius 2 is 1.93 bits per heavy atom. The Labute approximate surface area is 159 Å². The molecule has 1 saturated heterocycles. The smallest absolute Gasteiger partial charge is 0.132 e. The summed E-state index contributed by atoms with van der Waals surface area (Å²) in [6.45, 7) is 6.28. The van der Waals surface area contributed by atoms with Gasteiger partial charge in [-0.25, -0.2) is 15.4 Å². The zero-order valence-corrected chi connectivity index (χ0v) is 15.9. The molecule has 1 aromatic heterocycles. The van der Waals surface area contributed by atoms with Crippen LogP contribution in [0.25, 0.3) is 0 Å². The normalized spacial score (nSPS) is 23.6. The van der Waals surface area contributed by atoms with Crippen LogP contribution in [0.1, 0.15) is 37.1 Å².